The largest absolute Gasteiger partial charge is 0.301 e. The highest BCUT2D eigenvalue weighted by molar-refractivity contribution is 7.89. The van der Waals surface area contributed by atoms with Gasteiger partial charge in [0.15, 0.2) is 5.13 Å². The van der Waals surface area contributed by atoms with Crippen LogP contribution in [0, 0.1) is 6.92 Å². The topological polar surface area (TPSA) is 79.4 Å². The van der Waals surface area contributed by atoms with Gasteiger partial charge in [0.1, 0.15) is 6.04 Å². The second-order valence-corrected chi connectivity index (χ2v) is 8.48. The van der Waals surface area contributed by atoms with Crippen LogP contribution < -0.4 is 5.32 Å². The standard InChI is InChI=1S/C15H17N3O3S2/c1-11-10-16-15(22-11)17-14(19)13-8-5-9-18(13)23(20,21)12-6-3-2-4-7-12/h2-4,6-7,10,13H,5,8-9H2,1H3,(H,16,17,19)/t13-/m1/s1. The third-order valence-electron chi connectivity index (χ3n) is 3.71. The number of thiazole rings is 1. The van der Waals surface area contributed by atoms with E-state index in [1.165, 1.54) is 15.6 Å². The molecule has 23 heavy (non-hydrogen) atoms. The number of aromatic nitrogens is 1. The van der Waals surface area contributed by atoms with Gasteiger partial charge in [0.2, 0.25) is 15.9 Å². The second-order valence-electron chi connectivity index (χ2n) is 5.35. The average molecular weight is 351 g/mol. The molecule has 1 aliphatic rings. The van der Waals surface area contributed by atoms with Crippen LogP contribution in [0.2, 0.25) is 0 Å². The van der Waals surface area contributed by atoms with Crippen LogP contribution in [0.5, 0.6) is 0 Å². The molecule has 0 bridgehead atoms. The number of amides is 1. The fourth-order valence-corrected chi connectivity index (χ4v) is 4.96. The molecule has 6 nitrogen and oxygen atoms in total. The van der Waals surface area contributed by atoms with Crippen LogP contribution in [-0.4, -0.2) is 36.2 Å². The first-order valence-electron chi connectivity index (χ1n) is 7.28. The quantitative estimate of drug-likeness (QED) is 0.916. The van der Waals surface area contributed by atoms with E-state index < -0.39 is 16.1 Å². The predicted octanol–water partition coefficient (Wildman–Crippen LogP) is 2.24. The number of carbonyl (C=O) groups excluding carboxylic acids is 1. The number of nitrogens with one attached hydrogen (secondary N) is 1. The zero-order chi connectivity index (χ0) is 16.4. The molecule has 1 amide bonds. The molecule has 0 saturated carbocycles. The van der Waals surface area contributed by atoms with E-state index in [-0.39, 0.29) is 10.8 Å². The molecule has 0 radical (unpaired) electrons. The molecule has 0 spiro atoms. The van der Waals surface area contributed by atoms with Crippen molar-refractivity contribution in [2.75, 3.05) is 11.9 Å². The Kier molecular flexibility index (Phi) is 4.47. The van der Waals surface area contributed by atoms with E-state index in [2.05, 4.69) is 10.3 Å². The summed E-state index contributed by atoms with van der Waals surface area (Å²) in [5.74, 6) is -0.323. The van der Waals surface area contributed by atoms with Crippen molar-refractivity contribution in [3.05, 3.63) is 41.4 Å². The molecule has 0 unspecified atom stereocenters. The smallest absolute Gasteiger partial charge is 0.244 e. The number of rotatable bonds is 4. The highest BCUT2D eigenvalue weighted by atomic mass is 32.2. The second kappa shape index (κ2) is 6.38. The summed E-state index contributed by atoms with van der Waals surface area (Å²) >= 11 is 1.37. The number of nitrogens with zero attached hydrogens (tertiary/aromatic N) is 2. The molecule has 1 saturated heterocycles. The van der Waals surface area contributed by atoms with Gasteiger partial charge in [-0.1, -0.05) is 18.2 Å². The van der Waals surface area contributed by atoms with Crippen molar-refractivity contribution in [2.45, 2.75) is 30.7 Å². The van der Waals surface area contributed by atoms with E-state index in [0.29, 0.717) is 24.5 Å². The van der Waals surface area contributed by atoms with Gasteiger partial charge in [-0.2, -0.15) is 4.31 Å². The van der Waals surface area contributed by atoms with Gasteiger partial charge in [-0.05, 0) is 31.9 Å². The Hall–Kier alpha value is -1.77. The van der Waals surface area contributed by atoms with Crippen molar-refractivity contribution in [1.29, 1.82) is 0 Å². The number of aryl methyl sites for hydroxylation is 1. The van der Waals surface area contributed by atoms with Gasteiger partial charge in [-0.25, -0.2) is 13.4 Å². The molecular formula is C15H17N3O3S2. The lowest BCUT2D eigenvalue weighted by Crippen LogP contribution is -2.43. The first-order chi connectivity index (χ1) is 11.0. The predicted molar refractivity (Wildman–Crippen MR) is 88.8 cm³/mol. The van der Waals surface area contributed by atoms with Crippen LogP contribution in [0.1, 0.15) is 17.7 Å². The summed E-state index contributed by atoms with van der Waals surface area (Å²) in [6.45, 7) is 2.25. The Labute approximate surface area is 139 Å². The third kappa shape index (κ3) is 3.29. The van der Waals surface area contributed by atoms with Crippen LogP contribution in [0.3, 0.4) is 0 Å². The van der Waals surface area contributed by atoms with Crippen molar-refractivity contribution in [2.24, 2.45) is 0 Å². The zero-order valence-corrected chi connectivity index (χ0v) is 14.2. The van der Waals surface area contributed by atoms with Crippen LogP contribution in [0.4, 0.5) is 5.13 Å². The summed E-state index contributed by atoms with van der Waals surface area (Å²) in [5, 5.41) is 3.22. The lowest BCUT2D eigenvalue weighted by molar-refractivity contribution is -0.119. The normalized spacial score (nSPS) is 18.9. The van der Waals surface area contributed by atoms with Gasteiger partial charge in [-0.15, -0.1) is 11.3 Å². The Morgan fingerprint density at radius 2 is 2.09 bits per heavy atom. The molecular weight excluding hydrogens is 334 g/mol. The van der Waals surface area contributed by atoms with Gasteiger partial charge >= 0.3 is 0 Å². The molecule has 1 N–H and O–H groups in total. The molecule has 2 heterocycles. The number of carbonyl (C=O) groups is 1. The summed E-state index contributed by atoms with van der Waals surface area (Å²) in [5.41, 5.74) is 0. The summed E-state index contributed by atoms with van der Waals surface area (Å²) in [6.07, 6.45) is 2.86. The molecule has 0 aliphatic carbocycles. The van der Waals surface area contributed by atoms with Gasteiger partial charge in [0, 0.05) is 17.6 Å². The van der Waals surface area contributed by atoms with Crippen LogP contribution in [0.25, 0.3) is 0 Å². The molecule has 2 aromatic rings. The highest BCUT2D eigenvalue weighted by Crippen LogP contribution is 2.27. The summed E-state index contributed by atoms with van der Waals surface area (Å²) in [7, 11) is -3.66. The molecule has 1 aromatic carbocycles. The summed E-state index contributed by atoms with van der Waals surface area (Å²) in [6, 6.07) is 7.52. The molecule has 1 aromatic heterocycles. The van der Waals surface area contributed by atoms with Crippen LogP contribution in [-0.2, 0) is 14.8 Å². The minimum atomic E-state index is -3.66. The first-order valence-corrected chi connectivity index (χ1v) is 9.54. The lowest BCUT2D eigenvalue weighted by Gasteiger charge is -2.22. The Balaban J connectivity index is 1.81. The number of anilines is 1. The molecule has 1 aliphatic heterocycles. The van der Waals surface area contributed by atoms with E-state index in [9.17, 15) is 13.2 Å². The Bertz CT molecular complexity index is 802. The maximum absolute atomic E-state index is 12.7. The number of benzene rings is 1. The van der Waals surface area contributed by atoms with Crippen molar-refractivity contribution in [3.63, 3.8) is 0 Å². The van der Waals surface area contributed by atoms with Gasteiger partial charge in [-0.3, -0.25) is 4.79 Å². The Morgan fingerprint density at radius 3 is 2.74 bits per heavy atom. The zero-order valence-electron chi connectivity index (χ0n) is 12.6. The van der Waals surface area contributed by atoms with E-state index >= 15 is 0 Å². The fraction of sp³-hybridized carbons (Fsp3) is 0.333. The highest BCUT2D eigenvalue weighted by Gasteiger charge is 2.39. The minimum Gasteiger partial charge on any atom is -0.301 e. The van der Waals surface area contributed by atoms with E-state index in [0.717, 1.165) is 4.88 Å². The van der Waals surface area contributed by atoms with Crippen LogP contribution in [0.15, 0.2) is 41.4 Å². The van der Waals surface area contributed by atoms with E-state index in [1.54, 1.807) is 36.5 Å². The van der Waals surface area contributed by atoms with E-state index in [1.807, 2.05) is 6.92 Å². The SMILES string of the molecule is Cc1cnc(NC(=O)[C@H]2CCCN2S(=O)(=O)c2ccccc2)s1. The fourth-order valence-electron chi connectivity index (χ4n) is 2.62. The molecule has 3 rings (SSSR count). The van der Waals surface area contributed by atoms with Crippen LogP contribution >= 0.6 is 11.3 Å². The van der Waals surface area contributed by atoms with Gasteiger partial charge in [0.05, 0.1) is 4.90 Å². The molecule has 8 heteroatoms. The monoisotopic (exact) mass is 351 g/mol. The van der Waals surface area contributed by atoms with Gasteiger partial charge in [0.25, 0.3) is 0 Å². The maximum Gasteiger partial charge on any atom is 0.244 e. The van der Waals surface area contributed by atoms with Crippen molar-refractivity contribution in [3.8, 4) is 0 Å². The number of hydrogen-bond acceptors (Lipinski definition) is 5. The van der Waals surface area contributed by atoms with E-state index in [4.69, 9.17) is 0 Å². The van der Waals surface area contributed by atoms with Crippen molar-refractivity contribution >= 4 is 32.4 Å². The molecule has 1 atom stereocenters. The number of sulfonamides is 1. The average Bonchev–Trinajstić information content (AvgIpc) is 3.17. The summed E-state index contributed by atoms with van der Waals surface area (Å²) in [4.78, 5) is 17.8. The lowest BCUT2D eigenvalue weighted by atomic mass is 10.2. The molecule has 122 valence electrons. The van der Waals surface area contributed by atoms with Crippen molar-refractivity contribution in [1.82, 2.24) is 9.29 Å². The summed E-state index contributed by atoms with van der Waals surface area (Å²) < 4.78 is 26.8. The van der Waals surface area contributed by atoms with Gasteiger partial charge < -0.3 is 5.32 Å². The third-order valence-corrected chi connectivity index (χ3v) is 6.46. The molecule has 1 fully saturated rings. The van der Waals surface area contributed by atoms with Crippen molar-refractivity contribution < 1.29 is 13.2 Å². The Morgan fingerprint density at radius 1 is 1.35 bits per heavy atom. The minimum absolute atomic E-state index is 0.213. The number of hydrogen-bond donors (Lipinski definition) is 1. The first kappa shape index (κ1) is 16.1. The maximum atomic E-state index is 12.7.